The van der Waals surface area contributed by atoms with E-state index in [1.54, 1.807) is 0 Å². The van der Waals surface area contributed by atoms with Crippen molar-refractivity contribution in [3.8, 4) is 0 Å². The van der Waals surface area contributed by atoms with Crippen LogP contribution in [-0.2, 0) is 4.79 Å². The Balaban J connectivity index is 1.73. The van der Waals surface area contributed by atoms with E-state index in [4.69, 9.17) is 0 Å². The number of nitrogens with one attached hydrogen (secondary N) is 1. The van der Waals surface area contributed by atoms with Crippen LogP contribution in [0.5, 0.6) is 0 Å². The zero-order chi connectivity index (χ0) is 12.8. The number of benzene rings is 1. The van der Waals surface area contributed by atoms with Crippen LogP contribution in [0.15, 0.2) is 30.3 Å². The third kappa shape index (κ3) is 3.86. The predicted octanol–water partition coefficient (Wildman–Crippen LogP) is 3.49. The smallest absolute Gasteiger partial charge is 0.220 e. The monoisotopic (exact) mass is 245 g/mol. The van der Waals surface area contributed by atoms with Gasteiger partial charge in [-0.3, -0.25) is 4.79 Å². The molecule has 0 radical (unpaired) electrons. The lowest BCUT2D eigenvalue weighted by molar-refractivity contribution is -0.121. The van der Waals surface area contributed by atoms with E-state index in [-0.39, 0.29) is 5.91 Å². The Bertz CT molecular complexity index is 368. The van der Waals surface area contributed by atoms with Gasteiger partial charge in [-0.15, -0.1) is 0 Å². The maximum atomic E-state index is 11.9. The van der Waals surface area contributed by atoms with Gasteiger partial charge in [0.2, 0.25) is 5.91 Å². The number of amides is 1. The molecule has 0 aliphatic heterocycles. The van der Waals surface area contributed by atoms with E-state index in [1.165, 1.54) is 31.2 Å². The zero-order valence-corrected chi connectivity index (χ0v) is 11.2. The largest absolute Gasteiger partial charge is 0.356 e. The SMILES string of the molecule is CC(CC(=O)NCC1CCCC1)c1ccccc1. The van der Waals surface area contributed by atoms with Crippen molar-refractivity contribution in [2.24, 2.45) is 5.92 Å². The molecule has 0 bridgehead atoms. The number of carbonyl (C=O) groups is 1. The maximum absolute atomic E-state index is 11.9. The number of hydrogen-bond donors (Lipinski definition) is 1. The normalized spacial score (nSPS) is 17.6. The van der Waals surface area contributed by atoms with Crippen LogP contribution in [0, 0.1) is 5.92 Å². The summed E-state index contributed by atoms with van der Waals surface area (Å²) in [7, 11) is 0. The van der Waals surface area contributed by atoms with Gasteiger partial charge in [-0.2, -0.15) is 0 Å². The van der Waals surface area contributed by atoms with Crippen molar-refractivity contribution in [3.05, 3.63) is 35.9 Å². The van der Waals surface area contributed by atoms with Crippen molar-refractivity contribution in [2.75, 3.05) is 6.54 Å². The molecule has 1 aromatic rings. The number of carbonyl (C=O) groups excluding carboxylic acids is 1. The fourth-order valence-corrected chi connectivity index (χ4v) is 2.72. The molecule has 0 spiro atoms. The molecule has 18 heavy (non-hydrogen) atoms. The Morgan fingerprint density at radius 3 is 2.61 bits per heavy atom. The van der Waals surface area contributed by atoms with Gasteiger partial charge in [0.1, 0.15) is 0 Å². The molecule has 2 rings (SSSR count). The molecular formula is C16H23NO. The van der Waals surface area contributed by atoms with E-state index in [0.29, 0.717) is 12.3 Å². The highest BCUT2D eigenvalue weighted by Gasteiger charge is 2.16. The summed E-state index contributed by atoms with van der Waals surface area (Å²) in [4.78, 5) is 11.9. The molecule has 1 amide bonds. The first-order valence-corrected chi connectivity index (χ1v) is 7.07. The van der Waals surface area contributed by atoms with Crippen molar-refractivity contribution < 1.29 is 4.79 Å². The average molecular weight is 245 g/mol. The fourth-order valence-electron chi connectivity index (χ4n) is 2.72. The predicted molar refractivity (Wildman–Crippen MR) is 74.4 cm³/mol. The lowest BCUT2D eigenvalue weighted by Gasteiger charge is -2.14. The third-order valence-electron chi connectivity index (χ3n) is 3.92. The first-order chi connectivity index (χ1) is 8.75. The highest BCUT2D eigenvalue weighted by atomic mass is 16.1. The Hall–Kier alpha value is -1.31. The highest BCUT2D eigenvalue weighted by Crippen LogP contribution is 2.24. The molecule has 0 aromatic heterocycles. The minimum atomic E-state index is 0.193. The van der Waals surface area contributed by atoms with Gasteiger partial charge in [0.05, 0.1) is 0 Å². The van der Waals surface area contributed by atoms with Crippen molar-refractivity contribution >= 4 is 5.91 Å². The van der Waals surface area contributed by atoms with Gasteiger partial charge in [-0.05, 0) is 30.2 Å². The van der Waals surface area contributed by atoms with Gasteiger partial charge in [0, 0.05) is 13.0 Å². The van der Waals surface area contributed by atoms with Crippen LogP contribution in [0.1, 0.15) is 50.5 Å². The summed E-state index contributed by atoms with van der Waals surface area (Å²) in [6.45, 7) is 2.99. The van der Waals surface area contributed by atoms with Crippen molar-refractivity contribution in [3.63, 3.8) is 0 Å². The second-order valence-corrected chi connectivity index (χ2v) is 5.47. The lowest BCUT2D eigenvalue weighted by atomic mass is 9.97. The summed E-state index contributed by atoms with van der Waals surface area (Å²) < 4.78 is 0. The van der Waals surface area contributed by atoms with Crippen LogP contribution in [-0.4, -0.2) is 12.5 Å². The van der Waals surface area contributed by atoms with E-state index in [0.717, 1.165) is 12.5 Å². The Labute approximate surface area is 110 Å². The van der Waals surface area contributed by atoms with Crippen LogP contribution < -0.4 is 5.32 Å². The van der Waals surface area contributed by atoms with E-state index in [2.05, 4.69) is 24.4 Å². The molecule has 0 heterocycles. The highest BCUT2D eigenvalue weighted by molar-refractivity contribution is 5.76. The van der Waals surface area contributed by atoms with E-state index >= 15 is 0 Å². The molecule has 1 aromatic carbocycles. The maximum Gasteiger partial charge on any atom is 0.220 e. The van der Waals surface area contributed by atoms with Gasteiger partial charge in [-0.1, -0.05) is 50.1 Å². The van der Waals surface area contributed by atoms with Crippen LogP contribution in [0.2, 0.25) is 0 Å². The molecule has 1 N–H and O–H groups in total. The summed E-state index contributed by atoms with van der Waals surface area (Å²) in [5.41, 5.74) is 1.24. The van der Waals surface area contributed by atoms with Gasteiger partial charge in [0.15, 0.2) is 0 Å². The minimum Gasteiger partial charge on any atom is -0.356 e. The molecule has 1 saturated carbocycles. The second-order valence-electron chi connectivity index (χ2n) is 5.47. The van der Waals surface area contributed by atoms with E-state index in [1.807, 2.05) is 18.2 Å². The fraction of sp³-hybridized carbons (Fsp3) is 0.562. The Morgan fingerprint density at radius 2 is 1.94 bits per heavy atom. The van der Waals surface area contributed by atoms with Gasteiger partial charge >= 0.3 is 0 Å². The molecule has 1 unspecified atom stereocenters. The molecule has 98 valence electrons. The minimum absolute atomic E-state index is 0.193. The lowest BCUT2D eigenvalue weighted by Crippen LogP contribution is -2.29. The average Bonchev–Trinajstić information content (AvgIpc) is 2.90. The summed E-state index contributed by atoms with van der Waals surface area (Å²) in [5, 5.41) is 3.09. The molecule has 2 heteroatoms. The van der Waals surface area contributed by atoms with Gasteiger partial charge in [0.25, 0.3) is 0 Å². The molecule has 1 aliphatic rings. The molecule has 1 atom stereocenters. The third-order valence-corrected chi connectivity index (χ3v) is 3.92. The molecule has 2 nitrogen and oxygen atoms in total. The Morgan fingerprint density at radius 1 is 1.28 bits per heavy atom. The van der Waals surface area contributed by atoms with Crippen molar-refractivity contribution in [1.82, 2.24) is 5.32 Å². The quantitative estimate of drug-likeness (QED) is 0.845. The molecule has 0 saturated heterocycles. The summed E-state index contributed by atoms with van der Waals surface area (Å²) >= 11 is 0. The van der Waals surface area contributed by atoms with E-state index in [9.17, 15) is 4.79 Å². The zero-order valence-electron chi connectivity index (χ0n) is 11.2. The summed E-state index contributed by atoms with van der Waals surface area (Å²) in [6.07, 6.45) is 5.84. The molecular weight excluding hydrogens is 222 g/mol. The van der Waals surface area contributed by atoms with Crippen LogP contribution >= 0.6 is 0 Å². The standard InChI is InChI=1S/C16H23NO/c1-13(15-9-3-2-4-10-15)11-16(18)17-12-14-7-5-6-8-14/h2-4,9-10,13-14H,5-8,11-12H2,1H3,(H,17,18). The van der Waals surface area contributed by atoms with Crippen LogP contribution in [0.25, 0.3) is 0 Å². The summed E-state index contributed by atoms with van der Waals surface area (Å²) in [5.74, 6) is 1.22. The number of rotatable bonds is 5. The number of hydrogen-bond acceptors (Lipinski definition) is 1. The van der Waals surface area contributed by atoms with Crippen LogP contribution in [0.4, 0.5) is 0 Å². The van der Waals surface area contributed by atoms with Gasteiger partial charge in [-0.25, -0.2) is 0 Å². The topological polar surface area (TPSA) is 29.1 Å². The van der Waals surface area contributed by atoms with Crippen molar-refractivity contribution in [2.45, 2.75) is 44.9 Å². The van der Waals surface area contributed by atoms with Crippen molar-refractivity contribution in [1.29, 1.82) is 0 Å². The first-order valence-electron chi connectivity index (χ1n) is 7.07. The Kier molecular flexibility index (Phi) is 4.80. The van der Waals surface area contributed by atoms with E-state index < -0.39 is 0 Å². The summed E-state index contributed by atoms with van der Waals surface area (Å²) in [6, 6.07) is 10.3. The second kappa shape index (κ2) is 6.58. The molecule has 1 aliphatic carbocycles. The van der Waals surface area contributed by atoms with Crippen LogP contribution in [0.3, 0.4) is 0 Å². The first kappa shape index (κ1) is 13.1. The molecule has 1 fully saturated rings. The van der Waals surface area contributed by atoms with Gasteiger partial charge < -0.3 is 5.32 Å².